The SMILES string of the molecule is Cc1nc(COc2ccc(C(=O)OCC(=O)Nc3cccc(C(F)(F)F)c3)cc2)cs1. The van der Waals surface area contributed by atoms with Crippen LogP contribution in [0.15, 0.2) is 53.9 Å². The Hall–Kier alpha value is -3.40. The molecule has 31 heavy (non-hydrogen) atoms. The molecule has 2 aromatic carbocycles. The quantitative estimate of drug-likeness (QED) is 0.521. The molecule has 0 saturated carbocycles. The van der Waals surface area contributed by atoms with E-state index in [0.29, 0.717) is 12.4 Å². The molecule has 0 radical (unpaired) electrons. The number of thiazole rings is 1. The van der Waals surface area contributed by atoms with Gasteiger partial charge in [0.25, 0.3) is 5.91 Å². The molecule has 1 amide bonds. The Kier molecular flexibility index (Phi) is 6.91. The van der Waals surface area contributed by atoms with Crippen LogP contribution in [0.3, 0.4) is 0 Å². The molecule has 0 atom stereocenters. The third-order valence-electron chi connectivity index (χ3n) is 3.95. The summed E-state index contributed by atoms with van der Waals surface area (Å²) in [6.45, 7) is 1.55. The molecular weight excluding hydrogens is 433 g/mol. The number of esters is 1. The van der Waals surface area contributed by atoms with E-state index in [4.69, 9.17) is 9.47 Å². The molecule has 1 aromatic heterocycles. The highest BCUT2D eigenvalue weighted by Gasteiger charge is 2.30. The van der Waals surface area contributed by atoms with Gasteiger partial charge in [-0.1, -0.05) is 6.07 Å². The first-order chi connectivity index (χ1) is 14.7. The summed E-state index contributed by atoms with van der Waals surface area (Å²) in [6.07, 6.45) is -4.53. The van der Waals surface area contributed by atoms with Crippen LogP contribution in [0.5, 0.6) is 5.75 Å². The first kappa shape index (κ1) is 22.3. The molecule has 1 N–H and O–H groups in total. The van der Waals surface area contributed by atoms with E-state index in [1.54, 1.807) is 12.1 Å². The Morgan fingerprint density at radius 1 is 1.13 bits per heavy atom. The predicted octanol–water partition coefficient (Wildman–Crippen LogP) is 4.84. The van der Waals surface area contributed by atoms with Crippen molar-refractivity contribution in [3.8, 4) is 5.75 Å². The Morgan fingerprint density at radius 2 is 1.87 bits per heavy atom. The third-order valence-corrected chi connectivity index (χ3v) is 4.77. The first-order valence-electron chi connectivity index (χ1n) is 8.99. The van der Waals surface area contributed by atoms with Gasteiger partial charge >= 0.3 is 12.1 Å². The molecule has 10 heteroatoms. The second-order valence-electron chi connectivity index (χ2n) is 6.37. The summed E-state index contributed by atoms with van der Waals surface area (Å²) in [4.78, 5) is 28.3. The minimum atomic E-state index is -4.53. The molecule has 0 aliphatic rings. The van der Waals surface area contributed by atoms with Crippen LogP contribution in [0.25, 0.3) is 0 Å². The molecule has 1 heterocycles. The third kappa shape index (κ3) is 6.54. The zero-order valence-corrected chi connectivity index (χ0v) is 17.0. The van der Waals surface area contributed by atoms with Gasteiger partial charge < -0.3 is 14.8 Å². The van der Waals surface area contributed by atoms with Crippen molar-refractivity contribution >= 4 is 28.9 Å². The molecule has 0 saturated heterocycles. The molecule has 0 unspecified atom stereocenters. The average molecular weight is 450 g/mol. The van der Waals surface area contributed by atoms with E-state index < -0.39 is 30.2 Å². The van der Waals surface area contributed by atoms with Gasteiger partial charge in [0.15, 0.2) is 6.61 Å². The number of hydrogen-bond acceptors (Lipinski definition) is 6. The summed E-state index contributed by atoms with van der Waals surface area (Å²) in [5.74, 6) is -0.975. The predicted molar refractivity (Wildman–Crippen MR) is 108 cm³/mol. The molecule has 3 aromatic rings. The molecule has 0 bridgehead atoms. The van der Waals surface area contributed by atoms with Gasteiger partial charge in [-0.05, 0) is 49.4 Å². The molecule has 0 aliphatic carbocycles. The molecule has 0 fully saturated rings. The van der Waals surface area contributed by atoms with Crippen LogP contribution in [-0.2, 0) is 22.3 Å². The molecule has 0 aliphatic heterocycles. The molecule has 6 nitrogen and oxygen atoms in total. The number of rotatable bonds is 7. The zero-order valence-electron chi connectivity index (χ0n) is 16.2. The minimum Gasteiger partial charge on any atom is -0.487 e. The van der Waals surface area contributed by atoms with Crippen LogP contribution in [-0.4, -0.2) is 23.5 Å². The second-order valence-corrected chi connectivity index (χ2v) is 7.44. The number of alkyl halides is 3. The summed E-state index contributed by atoms with van der Waals surface area (Å²) in [5, 5.41) is 5.10. The van der Waals surface area contributed by atoms with E-state index in [1.165, 1.54) is 35.6 Å². The smallest absolute Gasteiger partial charge is 0.416 e. The Bertz CT molecular complexity index is 1060. The van der Waals surface area contributed by atoms with Gasteiger partial charge in [0, 0.05) is 11.1 Å². The van der Waals surface area contributed by atoms with Crippen molar-refractivity contribution in [3.05, 3.63) is 75.7 Å². The Balaban J connectivity index is 1.48. The fourth-order valence-electron chi connectivity index (χ4n) is 2.50. The average Bonchev–Trinajstić information content (AvgIpc) is 3.15. The number of amides is 1. The van der Waals surface area contributed by atoms with Crippen LogP contribution in [0.4, 0.5) is 18.9 Å². The lowest BCUT2D eigenvalue weighted by Crippen LogP contribution is -2.21. The van der Waals surface area contributed by atoms with Crippen molar-refractivity contribution in [3.63, 3.8) is 0 Å². The van der Waals surface area contributed by atoms with E-state index in [-0.39, 0.29) is 11.3 Å². The second kappa shape index (κ2) is 9.61. The normalized spacial score (nSPS) is 11.1. The van der Waals surface area contributed by atoms with Crippen molar-refractivity contribution in [2.45, 2.75) is 19.7 Å². The number of anilines is 1. The fourth-order valence-corrected chi connectivity index (χ4v) is 3.10. The number of carbonyl (C=O) groups is 2. The lowest BCUT2D eigenvalue weighted by Gasteiger charge is -2.10. The number of benzene rings is 2. The highest BCUT2D eigenvalue weighted by Crippen LogP contribution is 2.30. The van der Waals surface area contributed by atoms with Crippen molar-refractivity contribution in [1.82, 2.24) is 4.98 Å². The molecular formula is C21H17F3N2O4S. The lowest BCUT2D eigenvalue weighted by atomic mass is 10.2. The topological polar surface area (TPSA) is 77.5 Å². The number of hydrogen-bond donors (Lipinski definition) is 1. The van der Waals surface area contributed by atoms with Gasteiger partial charge in [-0.3, -0.25) is 4.79 Å². The summed E-state index contributed by atoms with van der Waals surface area (Å²) in [5.41, 5.74) is 0.0590. The zero-order chi connectivity index (χ0) is 22.4. The monoisotopic (exact) mass is 450 g/mol. The Morgan fingerprint density at radius 3 is 2.52 bits per heavy atom. The van der Waals surface area contributed by atoms with E-state index in [0.717, 1.165) is 22.8 Å². The highest BCUT2D eigenvalue weighted by atomic mass is 32.1. The van der Waals surface area contributed by atoms with Crippen molar-refractivity contribution in [2.24, 2.45) is 0 Å². The van der Waals surface area contributed by atoms with Gasteiger partial charge in [0.1, 0.15) is 12.4 Å². The van der Waals surface area contributed by atoms with Crippen LogP contribution >= 0.6 is 11.3 Å². The maximum Gasteiger partial charge on any atom is 0.416 e. The number of aryl methyl sites for hydroxylation is 1. The van der Waals surface area contributed by atoms with Crippen LogP contribution in [0, 0.1) is 6.92 Å². The van der Waals surface area contributed by atoms with Crippen molar-refractivity contribution in [1.29, 1.82) is 0 Å². The number of halogens is 3. The minimum absolute atomic E-state index is 0.0484. The van der Waals surface area contributed by atoms with E-state index in [1.807, 2.05) is 12.3 Å². The van der Waals surface area contributed by atoms with Gasteiger partial charge in [0.2, 0.25) is 0 Å². The number of carbonyl (C=O) groups excluding carboxylic acids is 2. The largest absolute Gasteiger partial charge is 0.487 e. The van der Waals surface area contributed by atoms with E-state index in [9.17, 15) is 22.8 Å². The molecule has 162 valence electrons. The lowest BCUT2D eigenvalue weighted by molar-refractivity contribution is -0.137. The number of ether oxygens (including phenoxy) is 2. The number of aromatic nitrogens is 1. The number of nitrogens with zero attached hydrogens (tertiary/aromatic N) is 1. The van der Waals surface area contributed by atoms with E-state index in [2.05, 4.69) is 10.3 Å². The Labute approximate surface area is 179 Å². The van der Waals surface area contributed by atoms with Gasteiger partial charge in [-0.15, -0.1) is 11.3 Å². The van der Waals surface area contributed by atoms with Crippen molar-refractivity contribution in [2.75, 3.05) is 11.9 Å². The summed E-state index contributed by atoms with van der Waals surface area (Å²) in [7, 11) is 0. The van der Waals surface area contributed by atoms with Gasteiger partial charge in [-0.2, -0.15) is 13.2 Å². The van der Waals surface area contributed by atoms with Gasteiger partial charge in [-0.25, -0.2) is 9.78 Å². The summed E-state index contributed by atoms with van der Waals surface area (Å²) < 4.78 is 48.6. The summed E-state index contributed by atoms with van der Waals surface area (Å²) >= 11 is 1.52. The standard InChI is InChI=1S/C21H17F3N2O4S/c1-13-25-17(12-31-13)10-29-18-7-5-14(6-8-18)20(28)30-11-19(27)26-16-4-2-3-15(9-16)21(22,23)24/h2-9,12H,10-11H2,1H3,(H,26,27). The number of nitrogens with one attached hydrogen (secondary N) is 1. The highest BCUT2D eigenvalue weighted by molar-refractivity contribution is 7.09. The molecule has 0 spiro atoms. The first-order valence-corrected chi connectivity index (χ1v) is 9.87. The fraction of sp³-hybridized carbons (Fsp3) is 0.190. The maximum absolute atomic E-state index is 12.7. The van der Waals surface area contributed by atoms with Crippen LogP contribution in [0.1, 0.15) is 26.6 Å². The summed E-state index contributed by atoms with van der Waals surface area (Å²) in [6, 6.07) is 10.3. The van der Waals surface area contributed by atoms with E-state index >= 15 is 0 Å². The van der Waals surface area contributed by atoms with Gasteiger partial charge in [0.05, 0.1) is 21.8 Å². The molecule has 3 rings (SSSR count). The van der Waals surface area contributed by atoms with Crippen molar-refractivity contribution < 1.29 is 32.2 Å². The van der Waals surface area contributed by atoms with Crippen LogP contribution < -0.4 is 10.1 Å². The van der Waals surface area contributed by atoms with Crippen LogP contribution in [0.2, 0.25) is 0 Å². The maximum atomic E-state index is 12.7.